The molecule has 1 heterocycles. The van der Waals surface area contributed by atoms with Crippen LogP contribution in [-0.4, -0.2) is 26.3 Å². The van der Waals surface area contributed by atoms with Crippen molar-refractivity contribution in [1.29, 1.82) is 5.26 Å². The molecule has 0 saturated carbocycles. The number of nitriles is 1. The van der Waals surface area contributed by atoms with Crippen molar-refractivity contribution in [3.05, 3.63) is 47.8 Å². The molecule has 0 unspecified atom stereocenters. The van der Waals surface area contributed by atoms with E-state index in [0.29, 0.717) is 23.6 Å². The van der Waals surface area contributed by atoms with Crippen LogP contribution in [0, 0.1) is 11.3 Å². The summed E-state index contributed by atoms with van der Waals surface area (Å²) in [5.41, 5.74) is 2.44. The fourth-order valence-corrected chi connectivity index (χ4v) is 2.07. The second-order valence-electron chi connectivity index (χ2n) is 4.51. The van der Waals surface area contributed by atoms with Crippen LogP contribution in [0.15, 0.2) is 36.5 Å². The predicted octanol–water partition coefficient (Wildman–Crippen LogP) is 2.61. The van der Waals surface area contributed by atoms with Gasteiger partial charge in [-0.25, -0.2) is 0 Å². The Morgan fingerprint density at radius 3 is 2.43 bits per heavy atom. The minimum Gasteiger partial charge on any atom is -0.493 e. The maximum atomic E-state index is 8.82. The van der Waals surface area contributed by atoms with E-state index in [-0.39, 0.29) is 0 Å². The molecule has 0 spiro atoms. The second kappa shape index (κ2) is 6.62. The summed E-state index contributed by atoms with van der Waals surface area (Å²) in [5, 5.41) is 8.82. The van der Waals surface area contributed by atoms with Gasteiger partial charge in [-0.2, -0.15) is 5.26 Å². The fourth-order valence-electron chi connectivity index (χ4n) is 2.07. The molecule has 0 aliphatic carbocycles. The van der Waals surface area contributed by atoms with E-state index in [1.165, 1.54) is 0 Å². The Labute approximate surface area is 124 Å². The number of methoxy groups -OCH3 is 2. The Hall–Kier alpha value is -2.74. The Kier molecular flexibility index (Phi) is 4.62. The maximum absolute atomic E-state index is 8.82. The molecular weight excluding hydrogens is 266 g/mol. The summed E-state index contributed by atoms with van der Waals surface area (Å²) in [7, 11) is 5.17. The van der Waals surface area contributed by atoms with Crippen LogP contribution < -0.4 is 14.4 Å². The molecule has 1 aromatic carbocycles. The first kappa shape index (κ1) is 14.7. The molecule has 0 aliphatic rings. The van der Waals surface area contributed by atoms with Crippen LogP contribution in [-0.2, 0) is 6.54 Å². The summed E-state index contributed by atoms with van der Waals surface area (Å²) < 4.78 is 10.7. The fraction of sp³-hybridized carbons (Fsp3) is 0.250. The maximum Gasteiger partial charge on any atom is 0.184 e. The van der Waals surface area contributed by atoms with Gasteiger partial charge in [0.15, 0.2) is 11.5 Å². The first-order valence-corrected chi connectivity index (χ1v) is 6.46. The lowest BCUT2D eigenvalue weighted by molar-refractivity contribution is 0.349. The molecule has 0 aliphatic heterocycles. The zero-order valence-electron chi connectivity index (χ0n) is 12.3. The first-order valence-electron chi connectivity index (χ1n) is 6.46. The molecule has 0 saturated heterocycles. The molecule has 5 heteroatoms. The van der Waals surface area contributed by atoms with Gasteiger partial charge in [-0.05, 0) is 24.3 Å². The zero-order valence-corrected chi connectivity index (χ0v) is 12.3. The molecule has 0 bridgehead atoms. The highest BCUT2D eigenvalue weighted by atomic mass is 16.5. The summed E-state index contributed by atoms with van der Waals surface area (Å²) in [4.78, 5) is 6.39. The van der Waals surface area contributed by atoms with E-state index in [0.717, 1.165) is 11.4 Å². The van der Waals surface area contributed by atoms with Gasteiger partial charge in [0.05, 0.1) is 32.4 Å². The van der Waals surface area contributed by atoms with Gasteiger partial charge in [0.2, 0.25) is 0 Å². The minimum atomic E-state index is 0.576. The topological polar surface area (TPSA) is 58.4 Å². The van der Waals surface area contributed by atoms with E-state index in [2.05, 4.69) is 11.1 Å². The van der Waals surface area contributed by atoms with Gasteiger partial charge in [0.1, 0.15) is 5.69 Å². The average Bonchev–Trinajstić information content (AvgIpc) is 2.54. The summed E-state index contributed by atoms with van der Waals surface area (Å²) in [6.45, 7) is 0.576. The second-order valence-corrected chi connectivity index (χ2v) is 4.51. The molecular formula is C16H17N3O2. The summed E-state index contributed by atoms with van der Waals surface area (Å²) in [6, 6.07) is 11.3. The molecule has 108 valence electrons. The van der Waals surface area contributed by atoms with Gasteiger partial charge in [0.25, 0.3) is 0 Å². The van der Waals surface area contributed by atoms with E-state index in [9.17, 15) is 0 Å². The number of hydrogen-bond acceptors (Lipinski definition) is 5. The Balaban J connectivity index is 2.22. The van der Waals surface area contributed by atoms with Crippen LogP contribution in [0.4, 0.5) is 5.69 Å². The van der Waals surface area contributed by atoms with E-state index in [1.54, 1.807) is 38.6 Å². The normalized spacial score (nSPS) is 9.81. The van der Waals surface area contributed by atoms with Crippen molar-refractivity contribution in [2.24, 2.45) is 0 Å². The van der Waals surface area contributed by atoms with Crippen molar-refractivity contribution in [3.63, 3.8) is 0 Å². The molecule has 0 fully saturated rings. The highest BCUT2D eigenvalue weighted by Gasteiger charge is 2.13. The van der Waals surface area contributed by atoms with Crippen molar-refractivity contribution in [3.8, 4) is 17.6 Å². The van der Waals surface area contributed by atoms with Gasteiger partial charge >= 0.3 is 0 Å². The lowest BCUT2D eigenvalue weighted by Crippen LogP contribution is -2.18. The molecule has 0 atom stereocenters. The molecule has 2 aromatic rings. The molecule has 1 aromatic heterocycles. The lowest BCUT2D eigenvalue weighted by Gasteiger charge is -2.20. The van der Waals surface area contributed by atoms with Gasteiger partial charge in [-0.15, -0.1) is 0 Å². The van der Waals surface area contributed by atoms with Crippen molar-refractivity contribution >= 4 is 5.69 Å². The van der Waals surface area contributed by atoms with Crippen LogP contribution in [0.3, 0.4) is 0 Å². The SMILES string of the molecule is COc1ccnc(CN(C)c2ccc(C#N)cc2)c1OC. The number of hydrogen-bond donors (Lipinski definition) is 0. The molecule has 0 amide bonds. The van der Waals surface area contributed by atoms with Crippen molar-refractivity contribution in [1.82, 2.24) is 4.98 Å². The molecule has 2 rings (SSSR count). The molecule has 21 heavy (non-hydrogen) atoms. The lowest BCUT2D eigenvalue weighted by atomic mass is 10.2. The van der Waals surface area contributed by atoms with E-state index >= 15 is 0 Å². The Morgan fingerprint density at radius 2 is 1.86 bits per heavy atom. The molecule has 5 nitrogen and oxygen atoms in total. The first-order chi connectivity index (χ1) is 10.2. The quantitative estimate of drug-likeness (QED) is 0.844. The Bertz CT molecular complexity index is 648. The van der Waals surface area contributed by atoms with Crippen LogP contribution in [0.1, 0.15) is 11.3 Å². The third-order valence-electron chi connectivity index (χ3n) is 3.19. The summed E-state index contributed by atoms with van der Waals surface area (Å²) >= 11 is 0. The summed E-state index contributed by atoms with van der Waals surface area (Å²) in [5.74, 6) is 1.30. The van der Waals surface area contributed by atoms with Crippen molar-refractivity contribution in [2.45, 2.75) is 6.54 Å². The monoisotopic (exact) mass is 283 g/mol. The van der Waals surface area contributed by atoms with Crippen molar-refractivity contribution in [2.75, 3.05) is 26.2 Å². The number of nitrogens with zero attached hydrogens (tertiary/aromatic N) is 3. The molecule has 0 radical (unpaired) electrons. The third-order valence-corrected chi connectivity index (χ3v) is 3.19. The van der Waals surface area contributed by atoms with Gasteiger partial charge in [0, 0.05) is 25.0 Å². The smallest absolute Gasteiger partial charge is 0.184 e. The largest absolute Gasteiger partial charge is 0.493 e. The minimum absolute atomic E-state index is 0.576. The standard InChI is InChI=1S/C16H17N3O2/c1-19(13-6-4-12(10-17)5-7-13)11-14-16(21-3)15(20-2)8-9-18-14/h4-9H,11H2,1-3H3. The third kappa shape index (κ3) is 3.23. The van der Waals surface area contributed by atoms with E-state index in [1.807, 2.05) is 24.1 Å². The highest BCUT2D eigenvalue weighted by molar-refractivity contribution is 5.51. The number of benzene rings is 1. The highest BCUT2D eigenvalue weighted by Crippen LogP contribution is 2.30. The zero-order chi connectivity index (χ0) is 15.2. The van der Waals surface area contributed by atoms with Crippen LogP contribution >= 0.6 is 0 Å². The van der Waals surface area contributed by atoms with Gasteiger partial charge in [-0.3, -0.25) is 4.98 Å². The summed E-state index contributed by atoms with van der Waals surface area (Å²) in [6.07, 6.45) is 1.70. The van der Waals surface area contributed by atoms with Gasteiger partial charge in [-0.1, -0.05) is 0 Å². The van der Waals surface area contributed by atoms with E-state index in [4.69, 9.17) is 14.7 Å². The van der Waals surface area contributed by atoms with Gasteiger partial charge < -0.3 is 14.4 Å². The predicted molar refractivity (Wildman–Crippen MR) is 80.6 cm³/mol. The number of rotatable bonds is 5. The van der Waals surface area contributed by atoms with Crippen LogP contribution in [0.25, 0.3) is 0 Å². The number of pyridine rings is 1. The average molecular weight is 283 g/mol. The number of aromatic nitrogens is 1. The Morgan fingerprint density at radius 1 is 1.14 bits per heavy atom. The van der Waals surface area contributed by atoms with Crippen LogP contribution in [0.5, 0.6) is 11.5 Å². The molecule has 0 N–H and O–H groups in total. The van der Waals surface area contributed by atoms with E-state index < -0.39 is 0 Å². The van der Waals surface area contributed by atoms with Crippen molar-refractivity contribution < 1.29 is 9.47 Å². The number of ether oxygens (including phenoxy) is 2. The van der Waals surface area contributed by atoms with Crippen LogP contribution in [0.2, 0.25) is 0 Å². The number of anilines is 1.